The second kappa shape index (κ2) is 6.82. The highest BCUT2D eigenvalue weighted by atomic mass is 32.1. The van der Waals surface area contributed by atoms with E-state index in [2.05, 4.69) is 10.3 Å². The van der Waals surface area contributed by atoms with Gasteiger partial charge in [0.25, 0.3) is 0 Å². The highest BCUT2D eigenvalue weighted by Gasteiger charge is 2.15. The van der Waals surface area contributed by atoms with Crippen LogP contribution in [0.25, 0.3) is 0 Å². The number of ether oxygens (including phenoxy) is 1. The number of carbonyl (C=O) groups is 1. The summed E-state index contributed by atoms with van der Waals surface area (Å²) in [6.07, 6.45) is 2.44. The lowest BCUT2D eigenvalue weighted by atomic mass is 10.3. The number of morpholine rings is 1. The minimum absolute atomic E-state index is 0.214. The first-order valence-corrected chi connectivity index (χ1v) is 7.05. The van der Waals surface area contributed by atoms with E-state index in [0.29, 0.717) is 26.2 Å². The summed E-state index contributed by atoms with van der Waals surface area (Å²) in [7, 11) is 0. The molecule has 1 amide bonds. The molecule has 1 fully saturated rings. The smallest absolute Gasteiger partial charge is 0.224 e. The van der Waals surface area contributed by atoms with Gasteiger partial charge in [0.05, 0.1) is 18.2 Å². The van der Waals surface area contributed by atoms with Crippen LogP contribution < -0.4 is 5.32 Å². The summed E-state index contributed by atoms with van der Waals surface area (Å²) in [4.78, 5) is 19.1. The Morgan fingerprint density at radius 1 is 1.56 bits per heavy atom. The van der Waals surface area contributed by atoms with Crippen LogP contribution in [0.4, 0.5) is 0 Å². The third kappa shape index (κ3) is 4.04. The predicted octanol–water partition coefficient (Wildman–Crippen LogP) is 0.790. The van der Waals surface area contributed by atoms with Crippen LogP contribution in [0.3, 0.4) is 0 Å². The molecule has 0 aliphatic carbocycles. The molecule has 5 nitrogen and oxygen atoms in total. The van der Waals surface area contributed by atoms with Gasteiger partial charge in [-0.05, 0) is 6.92 Å². The highest BCUT2D eigenvalue weighted by molar-refractivity contribution is 7.11. The van der Waals surface area contributed by atoms with Crippen molar-refractivity contribution in [1.29, 1.82) is 0 Å². The first-order chi connectivity index (χ1) is 8.75. The number of aromatic nitrogens is 1. The molecule has 0 radical (unpaired) electrons. The zero-order chi connectivity index (χ0) is 12.8. The van der Waals surface area contributed by atoms with Gasteiger partial charge in [0, 0.05) is 43.7 Å². The number of aryl methyl sites for hydroxylation is 1. The maximum absolute atomic E-state index is 11.8. The van der Waals surface area contributed by atoms with Gasteiger partial charge in [-0.3, -0.25) is 4.79 Å². The highest BCUT2D eigenvalue weighted by Crippen LogP contribution is 2.10. The molecule has 0 spiro atoms. The van der Waals surface area contributed by atoms with Gasteiger partial charge in [0.1, 0.15) is 0 Å². The first kappa shape index (κ1) is 13.5. The van der Waals surface area contributed by atoms with Crippen molar-refractivity contribution in [3.05, 3.63) is 16.1 Å². The van der Waals surface area contributed by atoms with Crippen LogP contribution in [0, 0.1) is 6.92 Å². The molecule has 0 aromatic carbocycles. The molecule has 18 heavy (non-hydrogen) atoms. The minimum Gasteiger partial charge on any atom is -0.378 e. The van der Waals surface area contributed by atoms with Crippen molar-refractivity contribution >= 4 is 17.2 Å². The molecule has 100 valence electrons. The molecular formula is C12H19N3O2S. The second-order valence-corrected chi connectivity index (χ2v) is 5.58. The van der Waals surface area contributed by atoms with Gasteiger partial charge in [0.15, 0.2) is 0 Å². The number of rotatable bonds is 5. The van der Waals surface area contributed by atoms with Gasteiger partial charge in [0.2, 0.25) is 5.91 Å². The molecule has 1 aromatic heterocycles. The van der Waals surface area contributed by atoms with E-state index < -0.39 is 0 Å². The topological polar surface area (TPSA) is 54.5 Å². The fraction of sp³-hybridized carbons (Fsp3) is 0.667. The van der Waals surface area contributed by atoms with E-state index in [4.69, 9.17) is 4.74 Å². The molecule has 0 unspecified atom stereocenters. The third-order valence-corrected chi connectivity index (χ3v) is 3.76. The second-order valence-electron chi connectivity index (χ2n) is 4.27. The summed E-state index contributed by atoms with van der Waals surface area (Å²) in [6.45, 7) is 6.30. The van der Waals surface area contributed by atoms with Crippen molar-refractivity contribution in [3.8, 4) is 0 Å². The van der Waals surface area contributed by atoms with E-state index in [1.807, 2.05) is 18.0 Å². The maximum Gasteiger partial charge on any atom is 0.224 e. The Labute approximate surface area is 111 Å². The van der Waals surface area contributed by atoms with Gasteiger partial charge in [-0.15, -0.1) is 11.3 Å². The molecule has 2 heterocycles. The van der Waals surface area contributed by atoms with Crippen LogP contribution in [0.5, 0.6) is 0 Å². The summed E-state index contributed by atoms with van der Waals surface area (Å²) in [6, 6.07) is 0. The van der Waals surface area contributed by atoms with E-state index in [0.717, 1.165) is 24.6 Å². The number of nitrogens with zero attached hydrogens (tertiary/aromatic N) is 2. The number of hydrogen-bond donors (Lipinski definition) is 1. The summed E-state index contributed by atoms with van der Waals surface area (Å²) >= 11 is 1.69. The molecule has 1 N–H and O–H groups in total. The fourth-order valence-corrected chi connectivity index (χ4v) is 2.63. The monoisotopic (exact) mass is 269 g/mol. The van der Waals surface area contributed by atoms with Gasteiger partial charge in [-0.25, -0.2) is 4.98 Å². The van der Waals surface area contributed by atoms with Crippen molar-refractivity contribution in [2.24, 2.45) is 0 Å². The Hall–Kier alpha value is -0.980. The van der Waals surface area contributed by atoms with E-state index in [9.17, 15) is 4.79 Å². The summed E-state index contributed by atoms with van der Waals surface area (Å²) < 4.78 is 5.22. The lowest BCUT2D eigenvalue weighted by molar-refractivity contribution is -0.135. The maximum atomic E-state index is 11.8. The fourth-order valence-electron chi connectivity index (χ4n) is 1.86. The Bertz CT molecular complexity index is 388. The Kier molecular flexibility index (Phi) is 5.10. The van der Waals surface area contributed by atoms with E-state index >= 15 is 0 Å². The Morgan fingerprint density at radius 3 is 3.00 bits per heavy atom. The van der Waals surface area contributed by atoms with Crippen LogP contribution in [-0.2, 0) is 16.1 Å². The lowest BCUT2D eigenvalue weighted by Gasteiger charge is -2.26. The van der Waals surface area contributed by atoms with Crippen LogP contribution in [0.2, 0.25) is 0 Å². The standard InChI is InChI=1S/C12H19N3O2S/c1-10-14-9-11(18-10)8-13-3-2-12(16)15-4-6-17-7-5-15/h9,13H,2-8H2,1H3. The van der Waals surface area contributed by atoms with Gasteiger partial charge >= 0.3 is 0 Å². The van der Waals surface area contributed by atoms with Crippen molar-refractivity contribution in [2.45, 2.75) is 19.9 Å². The molecule has 1 aromatic rings. The Balaban J connectivity index is 1.61. The molecule has 1 saturated heterocycles. The van der Waals surface area contributed by atoms with E-state index in [-0.39, 0.29) is 5.91 Å². The van der Waals surface area contributed by atoms with Crippen molar-refractivity contribution in [3.63, 3.8) is 0 Å². The SMILES string of the molecule is Cc1ncc(CNCCC(=O)N2CCOCC2)s1. The average Bonchev–Trinajstić information content (AvgIpc) is 2.81. The van der Waals surface area contributed by atoms with Crippen LogP contribution in [0.1, 0.15) is 16.3 Å². The zero-order valence-corrected chi connectivity index (χ0v) is 11.5. The molecular weight excluding hydrogens is 250 g/mol. The minimum atomic E-state index is 0.214. The lowest BCUT2D eigenvalue weighted by Crippen LogP contribution is -2.41. The van der Waals surface area contributed by atoms with Gasteiger partial charge in [-0.2, -0.15) is 0 Å². The number of carbonyl (C=O) groups excluding carboxylic acids is 1. The number of thiazole rings is 1. The summed E-state index contributed by atoms with van der Waals surface area (Å²) in [5.41, 5.74) is 0. The quantitative estimate of drug-likeness (QED) is 0.803. The van der Waals surface area contributed by atoms with Crippen molar-refractivity contribution < 1.29 is 9.53 Å². The number of amides is 1. The molecule has 0 saturated carbocycles. The van der Waals surface area contributed by atoms with Crippen LogP contribution >= 0.6 is 11.3 Å². The number of nitrogens with one attached hydrogen (secondary N) is 1. The van der Waals surface area contributed by atoms with Crippen molar-refractivity contribution in [2.75, 3.05) is 32.8 Å². The molecule has 2 rings (SSSR count). The molecule has 0 atom stereocenters. The average molecular weight is 269 g/mol. The third-order valence-electron chi connectivity index (χ3n) is 2.85. The van der Waals surface area contributed by atoms with E-state index in [1.54, 1.807) is 11.3 Å². The zero-order valence-electron chi connectivity index (χ0n) is 10.6. The van der Waals surface area contributed by atoms with Crippen LogP contribution in [0.15, 0.2) is 6.20 Å². The first-order valence-electron chi connectivity index (χ1n) is 6.23. The molecule has 1 aliphatic rings. The normalized spacial score (nSPS) is 15.9. The Morgan fingerprint density at radius 2 is 2.33 bits per heavy atom. The largest absolute Gasteiger partial charge is 0.378 e. The van der Waals surface area contributed by atoms with Gasteiger partial charge in [-0.1, -0.05) is 0 Å². The number of hydrogen-bond acceptors (Lipinski definition) is 5. The molecule has 6 heteroatoms. The summed E-state index contributed by atoms with van der Waals surface area (Å²) in [5, 5.41) is 4.36. The molecule has 0 bridgehead atoms. The molecule has 1 aliphatic heterocycles. The van der Waals surface area contributed by atoms with E-state index in [1.165, 1.54) is 4.88 Å². The predicted molar refractivity (Wildman–Crippen MR) is 70.6 cm³/mol. The van der Waals surface area contributed by atoms with Crippen LogP contribution in [-0.4, -0.2) is 48.6 Å². The summed E-state index contributed by atoms with van der Waals surface area (Å²) in [5.74, 6) is 0.214. The van der Waals surface area contributed by atoms with Crippen molar-refractivity contribution in [1.82, 2.24) is 15.2 Å². The van der Waals surface area contributed by atoms with Gasteiger partial charge < -0.3 is 15.0 Å².